The van der Waals surface area contributed by atoms with E-state index in [1.807, 2.05) is 66.1 Å². The smallest absolute Gasteiger partial charge is 0.465 e. The molecule has 2 saturated heterocycles. The van der Waals surface area contributed by atoms with E-state index in [4.69, 9.17) is 28.1 Å². The number of benzene rings is 4. The summed E-state index contributed by atoms with van der Waals surface area (Å²) in [5, 5.41) is 4.15. The maximum Gasteiger partial charge on any atom is 0.512 e. The van der Waals surface area contributed by atoms with Gasteiger partial charge in [0.05, 0.1) is 57.9 Å². The van der Waals surface area contributed by atoms with E-state index in [1.165, 1.54) is 182 Å². The molecular formula is C74H107B2BrN3O8P. The van der Waals surface area contributed by atoms with Gasteiger partial charge in [-0.15, -0.1) is 0 Å². The minimum Gasteiger partial charge on any atom is -0.465 e. The molecule has 2 aliphatic heterocycles. The zero-order chi connectivity index (χ0) is 64.3. The van der Waals surface area contributed by atoms with Crippen LogP contribution in [-0.2, 0) is 42.2 Å². The van der Waals surface area contributed by atoms with E-state index in [0.29, 0.717) is 30.6 Å². The Balaban J connectivity index is 0.000000155. The van der Waals surface area contributed by atoms with Crippen molar-refractivity contribution in [3.8, 4) is 11.1 Å². The number of hydrogen-bond acceptors (Lipinski definition) is 9. The van der Waals surface area contributed by atoms with Crippen LogP contribution in [0.15, 0.2) is 95.6 Å². The molecule has 4 aromatic carbocycles. The highest BCUT2D eigenvalue weighted by molar-refractivity contribution is 9.10. The number of halogens is 1. The average molecular weight is 1300 g/mol. The first-order chi connectivity index (χ1) is 42.5. The number of rotatable bonds is 12. The maximum absolute atomic E-state index is 12.1. The van der Waals surface area contributed by atoms with Crippen molar-refractivity contribution in [2.75, 3.05) is 33.9 Å². The van der Waals surface area contributed by atoms with Crippen LogP contribution in [0.1, 0.15) is 235 Å². The van der Waals surface area contributed by atoms with Crippen molar-refractivity contribution in [2.45, 2.75) is 237 Å². The van der Waals surface area contributed by atoms with E-state index in [9.17, 15) is 9.59 Å². The van der Waals surface area contributed by atoms with Crippen LogP contribution < -0.4 is 10.9 Å². The molecule has 89 heavy (non-hydrogen) atoms. The largest absolute Gasteiger partial charge is 0.512 e. The topological polar surface area (TPSA) is 103 Å². The molecule has 11 nitrogen and oxygen atoms in total. The first-order valence-electron chi connectivity index (χ1n) is 33.9. The van der Waals surface area contributed by atoms with Crippen LogP contribution in [0.3, 0.4) is 0 Å². The Hall–Kier alpha value is -4.26. The van der Waals surface area contributed by atoms with Crippen molar-refractivity contribution in [1.29, 1.82) is 0 Å². The summed E-state index contributed by atoms with van der Waals surface area (Å²) < 4.78 is 38.6. The summed E-state index contributed by atoms with van der Waals surface area (Å²) in [6.45, 7) is 26.6. The summed E-state index contributed by atoms with van der Waals surface area (Å²) in [5.74, 6) is 0.535. The predicted octanol–water partition coefficient (Wildman–Crippen LogP) is 17.6. The number of nitrogens with zero attached hydrogens (tertiary/aromatic N) is 3. The summed E-state index contributed by atoms with van der Waals surface area (Å²) >= 11 is 3.73. The molecule has 0 spiro atoms. The van der Waals surface area contributed by atoms with E-state index in [0.717, 1.165) is 32.5 Å². The number of aromatic nitrogens is 2. The average Bonchev–Trinajstić information content (AvgIpc) is 1.61. The van der Waals surface area contributed by atoms with Gasteiger partial charge in [-0.05, 0) is 217 Å². The Kier molecular flexibility index (Phi) is 25.1. The second-order valence-electron chi connectivity index (χ2n) is 27.5. The van der Waals surface area contributed by atoms with E-state index in [1.54, 1.807) is 5.30 Å². The van der Waals surface area contributed by atoms with Crippen LogP contribution in [0, 0.1) is 0 Å². The van der Waals surface area contributed by atoms with Crippen molar-refractivity contribution in [2.24, 2.45) is 14.1 Å². The molecule has 12 rings (SSSR count). The Morgan fingerprint density at radius 2 is 0.978 bits per heavy atom. The lowest BCUT2D eigenvalue weighted by Crippen LogP contribution is -2.41. The third-order valence-corrected chi connectivity index (χ3v) is 25.6. The number of carbonyl (C=O) groups excluding carboxylic acids is 2. The highest BCUT2D eigenvalue weighted by atomic mass is 79.9. The maximum atomic E-state index is 12.1. The summed E-state index contributed by atoms with van der Waals surface area (Å²) in [7, 11) is 6.88. The molecule has 6 aromatic rings. The highest BCUT2D eigenvalue weighted by Crippen LogP contribution is 2.56. The second-order valence-corrected chi connectivity index (χ2v) is 31.0. The first-order valence-corrected chi connectivity index (χ1v) is 36.2. The Morgan fingerprint density at radius 1 is 0.562 bits per heavy atom. The van der Waals surface area contributed by atoms with Gasteiger partial charge in [-0.3, -0.25) is 0 Å². The zero-order valence-corrected chi connectivity index (χ0v) is 59.5. The van der Waals surface area contributed by atoms with Crippen molar-refractivity contribution < 1.29 is 37.7 Å². The molecule has 0 atom stereocenters. The third-order valence-electron chi connectivity index (χ3n) is 21.1. The van der Waals surface area contributed by atoms with Gasteiger partial charge in [-0.2, -0.15) is 0 Å². The zero-order valence-electron chi connectivity index (χ0n) is 57.0. The Labute approximate surface area is 546 Å². The standard InChI is InChI=1S/C24H31P.C22H30BNO4.C16H18BrNO2.C6H13BO2.C6H15N/c1-4-12-20(13-5-1)23-18-10-11-19-24(23)25(21-14-6-2-7-15-21)22-16-8-3-9-17-22;1-21(2)22(3,4)28-23(27-21)19-18(14-9-7-8-10-14)16-12-11-15(20(25)26-6)13-17(16)24(19)5;1-18-13-9-11(16(19)20-2)7-8-12(13)14(15(18)17)10-5-3-4-6-10;1-5(2)6(3,4)9-7-8-5;1-4-7(5-2)6-3/h1,4-5,10-13,18-19,21-22H,2-3,6-9,14-17H2;11-14H,7-10H2,1-6H3;7-10H,3-6H2,1-2H3;7H,1-4H3;4-6H2,1-3H3. The molecule has 0 amide bonds. The summed E-state index contributed by atoms with van der Waals surface area (Å²) in [5.41, 5.74) is 10.9. The Morgan fingerprint density at radius 3 is 1.40 bits per heavy atom. The molecule has 4 heterocycles. The van der Waals surface area contributed by atoms with Crippen LogP contribution in [0.4, 0.5) is 0 Å². The van der Waals surface area contributed by atoms with Gasteiger partial charge in [0.2, 0.25) is 0 Å². The molecule has 6 fully saturated rings. The number of carbonyl (C=O) groups is 2. The minimum atomic E-state index is -0.417. The van der Waals surface area contributed by atoms with E-state index in [2.05, 4.69) is 145 Å². The van der Waals surface area contributed by atoms with Crippen LogP contribution >= 0.6 is 23.9 Å². The Bertz CT molecular complexity index is 3200. The van der Waals surface area contributed by atoms with Gasteiger partial charge < -0.3 is 42.1 Å². The lowest BCUT2D eigenvalue weighted by atomic mass is 9.77. The molecule has 0 bridgehead atoms. The van der Waals surface area contributed by atoms with E-state index >= 15 is 0 Å². The van der Waals surface area contributed by atoms with Gasteiger partial charge in [0.15, 0.2) is 0 Å². The quantitative estimate of drug-likeness (QED) is 0.0673. The fourth-order valence-corrected chi connectivity index (χ4v) is 18.9. The molecule has 0 N–H and O–H groups in total. The lowest BCUT2D eigenvalue weighted by Gasteiger charge is -2.39. The molecule has 4 saturated carbocycles. The van der Waals surface area contributed by atoms with Crippen LogP contribution in [-0.4, -0.2) is 108 Å². The molecule has 0 radical (unpaired) electrons. The van der Waals surface area contributed by atoms with Gasteiger partial charge in [0, 0.05) is 35.9 Å². The minimum absolute atomic E-state index is 0.0365. The summed E-state index contributed by atoms with van der Waals surface area (Å²) in [6.07, 6.45) is 24.7. The van der Waals surface area contributed by atoms with Crippen molar-refractivity contribution in [1.82, 2.24) is 14.0 Å². The van der Waals surface area contributed by atoms with Gasteiger partial charge in [0.1, 0.15) is 0 Å². The number of methoxy groups -OCH3 is 2. The molecule has 0 unspecified atom stereocenters. The van der Waals surface area contributed by atoms with Gasteiger partial charge >= 0.3 is 26.7 Å². The third kappa shape index (κ3) is 16.4. The van der Waals surface area contributed by atoms with Crippen molar-refractivity contribution in [3.05, 3.63) is 118 Å². The predicted molar refractivity (Wildman–Crippen MR) is 377 cm³/mol. The SMILES string of the molecule is CC1(C)OBOC1(C)C.CCN(CC)CC.COC(=O)c1ccc2c(C3CCCC3)c(B3OC(C)(C)C(C)(C)O3)n(C)c2c1.COC(=O)c1ccc2c(C3CCCC3)c(Br)n(C)c2c1.c1ccc(-c2ccccc2P(C2CCCCC2)C2CCCCC2)cc1. The van der Waals surface area contributed by atoms with Crippen LogP contribution in [0.25, 0.3) is 32.9 Å². The number of aryl methyl sites for hydroxylation is 2. The highest BCUT2D eigenvalue weighted by Gasteiger charge is 2.54. The van der Waals surface area contributed by atoms with Crippen LogP contribution in [0.2, 0.25) is 0 Å². The summed E-state index contributed by atoms with van der Waals surface area (Å²) in [6, 6.07) is 32.2. The monoisotopic (exact) mass is 1300 g/mol. The fraction of sp³-hybridized carbons (Fsp3) is 0.595. The molecule has 4 aliphatic carbocycles. The van der Waals surface area contributed by atoms with Crippen LogP contribution in [0.5, 0.6) is 0 Å². The van der Waals surface area contributed by atoms with Crippen molar-refractivity contribution >= 4 is 83.3 Å². The van der Waals surface area contributed by atoms with Gasteiger partial charge in [-0.1, -0.05) is 160 Å². The summed E-state index contributed by atoms with van der Waals surface area (Å²) in [4.78, 5) is 26.1. The number of hydrogen-bond donors (Lipinski definition) is 0. The number of esters is 2. The molecular weight excluding hydrogens is 1190 g/mol. The van der Waals surface area contributed by atoms with E-state index < -0.39 is 18.3 Å². The molecule has 6 aliphatic rings. The fourth-order valence-electron chi connectivity index (χ4n) is 14.2. The normalized spacial score (nSPS) is 19.8. The second kappa shape index (κ2) is 31.6. The molecule has 484 valence electrons. The molecule has 15 heteroatoms. The van der Waals surface area contributed by atoms with E-state index in [-0.39, 0.29) is 31.1 Å². The lowest BCUT2D eigenvalue weighted by molar-refractivity contribution is 0.00578. The first kappa shape index (κ1) is 70.6. The van der Waals surface area contributed by atoms with Gasteiger partial charge in [0.25, 0.3) is 0 Å². The molecule has 2 aromatic heterocycles. The van der Waals surface area contributed by atoms with Gasteiger partial charge in [-0.25, -0.2) is 9.59 Å². The number of fused-ring (bicyclic) bond motifs is 2. The number of ether oxygens (including phenoxy) is 2. The van der Waals surface area contributed by atoms with Crippen molar-refractivity contribution in [3.63, 3.8) is 0 Å².